The van der Waals surface area contributed by atoms with Crippen LogP contribution in [-0.4, -0.2) is 35.5 Å². The van der Waals surface area contributed by atoms with Gasteiger partial charge in [-0.2, -0.15) is 5.10 Å². The van der Waals surface area contributed by atoms with Crippen molar-refractivity contribution >= 4 is 17.4 Å². The zero-order chi connectivity index (χ0) is 22.5. The third kappa shape index (κ3) is 3.00. The average Bonchev–Trinajstić information content (AvgIpc) is 3.35. The quantitative estimate of drug-likeness (QED) is 0.504. The van der Waals surface area contributed by atoms with Crippen molar-refractivity contribution < 1.29 is 4.79 Å². The zero-order valence-corrected chi connectivity index (χ0v) is 18.1. The van der Waals surface area contributed by atoms with E-state index in [2.05, 4.69) is 32.3 Å². The number of hydrogen-bond donors (Lipinski definition) is 2. The maximum Gasteiger partial charge on any atom is 0.257 e. The molecule has 1 aliphatic heterocycles. The highest BCUT2D eigenvalue weighted by Gasteiger charge is 2.47. The lowest BCUT2D eigenvalue weighted by Crippen LogP contribution is -2.36. The summed E-state index contributed by atoms with van der Waals surface area (Å²) in [6.07, 6.45) is 5.87. The number of unbranched alkanes of at least 4 members (excludes halogenated alkanes) is 1. The molecule has 0 aliphatic carbocycles. The van der Waals surface area contributed by atoms with Crippen molar-refractivity contribution in [2.45, 2.75) is 45.4 Å². The zero-order valence-electron chi connectivity index (χ0n) is 18.1. The van der Waals surface area contributed by atoms with Gasteiger partial charge in [0.2, 0.25) is 5.91 Å². The molecule has 162 valence electrons. The Hall–Kier alpha value is -3.88. The molecule has 1 amide bonds. The first kappa shape index (κ1) is 20.0. The fraction of sp³-hybridized carbons (Fsp3) is 0.304. The van der Waals surface area contributed by atoms with Gasteiger partial charge in [0.15, 0.2) is 11.5 Å². The van der Waals surface area contributed by atoms with Crippen molar-refractivity contribution in [2.24, 2.45) is 0 Å². The van der Waals surface area contributed by atoms with Crippen LogP contribution in [0.2, 0.25) is 0 Å². The molecule has 9 heteroatoms. The molecule has 0 radical (unpaired) electrons. The number of aromatic amines is 1. The first-order valence-electron chi connectivity index (χ1n) is 10.6. The minimum absolute atomic E-state index is 0.257. The molecule has 2 N–H and O–H groups in total. The van der Waals surface area contributed by atoms with Crippen molar-refractivity contribution in [1.82, 2.24) is 29.5 Å². The number of rotatable bonds is 5. The number of amides is 1. The van der Waals surface area contributed by atoms with E-state index in [-0.39, 0.29) is 23.1 Å². The summed E-state index contributed by atoms with van der Waals surface area (Å²) in [4.78, 5) is 42.6. The molecule has 32 heavy (non-hydrogen) atoms. The van der Waals surface area contributed by atoms with Crippen LogP contribution in [0.15, 0.2) is 41.6 Å². The van der Waals surface area contributed by atoms with Gasteiger partial charge in [-0.1, -0.05) is 43.2 Å². The van der Waals surface area contributed by atoms with Crippen LogP contribution in [0, 0.1) is 6.92 Å². The molecule has 9 nitrogen and oxygen atoms in total. The van der Waals surface area contributed by atoms with Gasteiger partial charge in [-0.3, -0.25) is 9.59 Å². The van der Waals surface area contributed by atoms with E-state index < -0.39 is 5.41 Å². The van der Waals surface area contributed by atoms with Crippen molar-refractivity contribution in [3.63, 3.8) is 0 Å². The first-order chi connectivity index (χ1) is 15.4. The SMILES string of the molecule is CCCCc1nc(-c2nc3c(c(=O)[nH]2)C(C)(c2ccc(C)cc2)C(=O)N3)cn2ncnc12. The number of nitrogens with zero attached hydrogens (tertiary/aromatic N) is 5. The van der Waals surface area contributed by atoms with Crippen LogP contribution in [0.5, 0.6) is 0 Å². The number of carbonyl (C=O) groups is 1. The predicted octanol–water partition coefficient (Wildman–Crippen LogP) is 2.78. The number of aromatic nitrogens is 6. The van der Waals surface area contributed by atoms with E-state index in [9.17, 15) is 9.59 Å². The number of H-pyrrole nitrogens is 1. The summed E-state index contributed by atoms with van der Waals surface area (Å²) in [5.74, 6) is 0.250. The highest BCUT2D eigenvalue weighted by atomic mass is 16.2. The van der Waals surface area contributed by atoms with Gasteiger partial charge >= 0.3 is 0 Å². The van der Waals surface area contributed by atoms with E-state index in [1.807, 2.05) is 31.2 Å². The van der Waals surface area contributed by atoms with Gasteiger partial charge < -0.3 is 10.3 Å². The molecule has 4 heterocycles. The first-order valence-corrected chi connectivity index (χ1v) is 10.6. The van der Waals surface area contributed by atoms with Crippen LogP contribution >= 0.6 is 0 Å². The standard InChI is InChI=1S/C23H23N7O2/c1-4-5-6-15-20-24-12-25-30(20)11-16(26-15)18-27-19-17(21(31)28-18)23(3,22(32)29-19)14-9-7-13(2)8-10-14/h7-12H,4-6H2,1-3H3,(H2,27,28,29,31,32). The highest BCUT2D eigenvalue weighted by molar-refractivity contribution is 6.07. The second-order valence-electron chi connectivity index (χ2n) is 8.29. The van der Waals surface area contributed by atoms with Gasteiger partial charge in [-0.05, 0) is 32.3 Å². The number of nitrogens with one attached hydrogen (secondary N) is 2. The van der Waals surface area contributed by atoms with Crippen molar-refractivity contribution in [3.8, 4) is 11.5 Å². The van der Waals surface area contributed by atoms with E-state index in [4.69, 9.17) is 4.98 Å². The molecule has 1 aromatic carbocycles. The molecular weight excluding hydrogens is 406 g/mol. The summed E-state index contributed by atoms with van der Waals surface area (Å²) < 4.78 is 1.63. The van der Waals surface area contributed by atoms with Crippen LogP contribution in [0.4, 0.5) is 5.82 Å². The molecule has 0 saturated heterocycles. The lowest BCUT2D eigenvalue weighted by molar-refractivity contribution is -0.119. The number of anilines is 1. The largest absolute Gasteiger partial charge is 0.309 e. The van der Waals surface area contributed by atoms with Crippen LogP contribution in [0.3, 0.4) is 0 Å². The van der Waals surface area contributed by atoms with Crippen molar-refractivity contribution in [2.75, 3.05) is 5.32 Å². The Kier molecular flexibility index (Phi) is 4.61. The molecule has 0 spiro atoms. The molecule has 0 fully saturated rings. The van der Waals surface area contributed by atoms with Crippen LogP contribution in [-0.2, 0) is 16.6 Å². The van der Waals surface area contributed by atoms with Gasteiger partial charge in [0, 0.05) is 0 Å². The van der Waals surface area contributed by atoms with Gasteiger partial charge in [0.25, 0.3) is 5.56 Å². The van der Waals surface area contributed by atoms with Crippen LogP contribution in [0.25, 0.3) is 17.2 Å². The molecular formula is C23H23N7O2. The van der Waals surface area contributed by atoms with Crippen LogP contribution < -0.4 is 10.9 Å². The molecule has 5 rings (SSSR count). The molecule has 1 atom stereocenters. The average molecular weight is 429 g/mol. The van der Waals surface area contributed by atoms with Gasteiger partial charge in [-0.25, -0.2) is 19.5 Å². The lowest BCUT2D eigenvalue weighted by atomic mass is 9.78. The normalized spacial score (nSPS) is 17.5. The Morgan fingerprint density at radius 2 is 1.91 bits per heavy atom. The van der Waals surface area contributed by atoms with Gasteiger partial charge in [-0.15, -0.1) is 0 Å². The van der Waals surface area contributed by atoms with E-state index in [1.165, 1.54) is 6.33 Å². The number of benzene rings is 1. The molecule has 0 bridgehead atoms. The summed E-state index contributed by atoms with van der Waals surface area (Å²) >= 11 is 0. The van der Waals surface area contributed by atoms with E-state index in [1.54, 1.807) is 17.6 Å². The van der Waals surface area contributed by atoms with E-state index in [0.717, 1.165) is 36.1 Å². The Balaban J connectivity index is 1.64. The molecule has 0 saturated carbocycles. The molecule has 4 aromatic rings. The fourth-order valence-electron chi connectivity index (χ4n) is 4.17. The minimum atomic E-state index is -1.13. The smallest absolute Gasteiger partial charge is 0.257 e. The Bertz CT molecular complexity index is 1400. The molecule has 1 aliphatic rings. The number of carbonyl (C=O) groups excluding carboxylic acids is 1. The van der Waals surface area contributed by atoms with Crippen LogP contribution in [0.1, 0.15) is 49.1 Å². The maximum absolute atomic E-state index is 13.2. The minimum Gasteiger partial charge on any atom is -0.309 e. The molecule has 1 unspecified atom stereocenters. The lowest BCUT2D eigenvalue weighted by Gasteiger charge is -2.21. The Morgan fingerprint density at radius 1 is 1.12 bits per heavy atom. The van der Waals surface area contributed by atoms with Crippen molar-refractivity contribution in [3.05, 3.63) is 69.5 Å². The third-order valence-electron chi connectivity index (χ3n) is 6.08. The maximum atomic E-state index is 13.2. The second-order valence-corrected chi connectivity index (χ2v) is 8.29. The summed E-state index contributed by atoms with van der Waals surface area (Å²) in [6, 6.07) is 7.60. The van der Waals surface area contributed by atoms with E-state index >= 15 is 0 Å². The number of fused-ring (bicyclic) bond motifs is 2. The fourth-order valence-corrected chi connectivity index (χ4v) is 4.17. The summed E-state index contributed by atoms with van der Waals surface area (Å²) in [7, 11) is 0. The Labute approximate surface area is 184 Å². The van der Waals surface area contributed by atoms with Crippen molar-refractivity contribution in [1.29, 1.82) is 0 Å². The summed E-state index contributed by atoms with van der Waals surface area (Å²) in [5, 5.41) is 7.03. The third-order valence-corrected chi connectivity index (χ3v) is 6.08. The molecule has 3 aromatic heterocycles. The highest BCUT2D eigenvalue weighted by Crippen LogP contribution is 2.40. The number of hydrogen-bond acceptors (Lipinski definition) is 6. The monoisotopic (exact) mass is 429 g/mol. The van der Waals surface area contributed by atoms with Gasteiger partial charge in [0.05, 0.1) is 17.5 Å². The van der Waals surface area contributed by atoms with E-state index in [0.29, 0.717) is 16.9 Å². The van der Waals surface area contributed by atoms with Gasteiger partial charge in [0.1, 0.15) is 23.3 Å². The predicted molar refractivity (Wildman–Crippen MR) is 120 cm³/mol. The second kappa shape index (κ2) is 7.37. The summed E-state index contributed by atoms with van der Waals surface area (Å²) in [5.41, 5.74) is 2.56. The summed E-state index contributed by atoms with van der Waals surface area (Å²) in [6.45, 7) is 5.83. The number of aryl methyl sites for hydroxylation is 2. The Morgan fingerprint density at radius 3 is 2.66 bits per heavy atom. The topological polar surface area (TPSA) is 118 Å².